The van der Waals surface area contributed by atoms with Gasteiger partial charge in [-0.25, -0.2) is 0 Å². The summed E-state index contributed by atoms with van der Waals surface area (Å²) in [6.45, 7) is 2.11. The Balaban J connectivity index is 2.27. The van der Waals surface area contributed by atoms with E-state index in [1.807, 2.05) is 31.2 Å². The molecule has 0 saturated heterocycles. The minimum absolute atomic E-state index is 0.0706. The summed E-state index contributed by atoms with van der Waals surface area (Å²) in [6, 6.07) is 8.05. The van der Waals surface area contributed by atoms with Gasteiger partial charge < -0.3 is 0 Å². The number of benzene rings is 1. The molecule has 16 heavy (non-hydrogen) atoms. The van der Waals surface area contributed by atoms with Gasteiger partial charge in [0.25, 0.3) is 0 Å². The molecule has 0 fully saturated rings. The fraction of sp³-hybridized carbons (Fsp3) is 0.167. The summed E-state index contributed by atoms with van der Waals surface area (Å²) in [4.78, 5) is 18.4. The summed E-state index contributed by atoms with van der Waals surface area (Å²) >= 11 is 0. The summed E-state index contributed by atoms with van der Waals surface area (Å²) in [5, 5.41) is 2.77. The van der Waals surface area contributed by atoms with Crippen LogP contribution in [0.4, 0.5) is 0 Å². The molecule has 0 amide bonds. The molecule has 2 rings (SSSR count). The molecule has 1 aromatic carbocycles. The summed E-state index contributed by atoms with van der Waals surface area (Å²) in [5.74, 6) is 0. The topological polar surface area (TPSA) is 55.2 Å². The number of hydrogen-bond acceptors (Lipinski definition) is 4. The van der Waals surface area contributed by atoms with Gasteiger partial charge in [-0.2, -0.15) is 4.91 Å². The highest BCUT2D eigenvalue weighted by Gasteiger charge is 2.00. The number of aryl methyl sites for hydroxylation is 1. The van der Waals surface area contributed by atoms with E-state index >= 15 is 0 Å². The van der Waals surface area contributed by atoms with Crippen molar-refractivity contribution in [3.05, 3.63) is 52.8 Å². The van der Waals surface area contributed by atoms with Crippen LogP contribution in [0.5, 0.6) is 0 Å². The van der Waals surface area contributed by atoms with Crippen molar-refractivity contribution in [3.8, 4) is 11.3 Å². The van der Waals surface area contributed by atoms with E-state index < -0.39 is 0 Å². The average molecular weight is 213 g/mol. The van der Waals surface area contributed by atoms with Crippen LogP contribution in [-0.4, -0.2) is 9.97 Å². The number of hydrogen-bond donors (Lipinski definition) is 0. The Morgan fingerprint density at radius 1 is 1.12 bits per heavy atom. The Kier molecular flexibility index (Phi) is 3.00. The van der Waals surface area contributed by atoms with Gasteiger partial charge in [-0.3, -0.25) is 9.97 Å². The third-order valence-electron chi connectivity index (χ3n) is 2.28. The van der Waals surface area contributed by atoms with E-state index in [1.165, 1.54) is 5.56 Å². The molecule has 1 heterocycles. The SMILES string of the molecule is Cc1ccc(-c2cnc(CN=O)cn2)cc1. The van der Waals surface area contributed by atoms with E-state index in [-0.39, 0.29) is 6.54 Å². The number of nitrogens with zero attached hydrogens (tertiary/aromatic N) is 3. The van der Waals surface area contributed by atoms with Gasteiger partial charge in [0, 0.05) is 5.56 Å². The predicted octanol–water partition coefficient (Wildman–Crippen LogP) is 2.72. The molecule has 4 nitrogen and oxygen atoms in total. The van der Waals surface area contributed by atoms with Gasteiger partial charge in [0.2, 0.25) is 0 Å². The van der Waals surface area contributed by atoms with Crippen LogP contribution in [0.25, 0.3) is 11.3 Å². The van der Waals surface area contributed by atoms with E-state index in [9.17, 15) is 4.91 Å². The van der Waals surface area contributed by atoms with Crippen molar-refractivity contribution in [2.75, 3.05) is 0 Å². The molecule has 0 N–H and O–H groups in total. The highest BCUT2D eigenvalue weighted by Crippen LogP contribution is 2.16. The van der Waals surface area contributed by atoms with Gasteiger partial charge in [-0.05, 0) is 6.92 Å². The molecule has 0 aliphatic heterocycles. The molecule has 0 aliphatic rings. The smallest absolute Gasteiger partial charge is 0.125 e. The van der Waals surface area contributed by atoms with Crippen molar-refractivity contribution in [2.24, 2.45) is 5.18 Å². The number of aromatic nitrogens is 2. The lowest BCUT2D eigenvalue weighted by Crippen LogP contribution is -1.91. The lowest BCUT2D eigenvalue weighted by atomic mass is 10.1. The quantitative estimate of drug-likeness (QED) is 0.736. The Morgan fingerprint density at radius 3 is 2.44 bits per heavy atom. The molecule has 0 saturated carbocycles. The maximum absolute atomic E-state index is 10.0. The fourth-order valence-electron chi connectivity index (χ4n) is 1.38. The van der Waals surface area contributed by atoms with Gasteiger partial charge in [0.05, 0.1) is 23.8 Å². The summed E-state index contributed by atoms with van der Waals surface area (Å²) in [5.41, 5.74) is 3.61. The largest absolute Gasteiger partial charge is 0.255 e. The molecule has 0 spiro atoms. The van der Waals surface area contributed by atoms with E-state index in [4.69, 9.17) is 0 Å². The first-order valence-electron chi connectivity index (χ1n) is 4.96. The van der Waals surface area contributed by atoms with Crippen LogP contribution < -0.4 is 0 Å². The lowest BCUT2D eigenvalue weighted by molar-refractivity contribution is 0.958. The van der Waals surface area contributed by atoms with E-state index in [0.717, 1.165) is 11.3 Å². The molecule has 2 aromatic rings. The molecule has 1 aromatic heterocycles. The number of rotatable bonds is 3. The summed E-state index contributed by atoms with van der Waals surface area (Å²) in [6.07, 6.45) is 3.24. The van der Waals surface area contributed by atoms with Crippen molar-refractivity contribution in [2.45, 2.75) is 13.5 Å². The van der Waals surface area contributed by atoms with Gasteiger partial charge in [-0.15, -0.1) is 0 Å². The molecular formula is C12H11N3O. The first-order valence-corrected chi connectivity index (χ1v) is 4.96. The van der Waals surface area contributed by atoms with Crippen molar-refractivity contribution in [1.82, 2.24) is 9.97 Å². The summed E-state index contributed by atoms with van der Waals surface area (Å²) in [7, 11) is 0. The van der Waals surface area contributed by atoms with Crippen LogP contribution >= 0.6 is 0 Å². The van der Waals surface area contributed by atoms with Gasteiger partial charge in [-0.1, -0.05) is 35.0 Å². The Hall–Kier alpha value is -2.10. The molecule has 0 aliphatic carbocycles. The standard InChI is InChI=1S/C12H11N3O/c1-9-2-4-10(5-3-9)12-8-13-11(6-14-12)7-15-16/h2-6,8H,7H2,1H3. The third kappa shape index (κ3) is 2.28. The lowest BCUT2D eigenvalue weighted by Gasteiger charge is -2.01. The molecule has 80 valence electrons. The maximum atomic E-state index is 10.0. The first kappa shape index (κ1) is 10.4. The Morgan fingerprint density at radius 2 is 1.88 bits per heavy atom. The normalized spacial score (nSPS) is 10.1. The zero-order valence-electron chi connectivity index (χ0n) is 8.92. The van der Waals surface area contributed by atoms with Crippen molar-refractivity contribution in [3.63, 3.8) is 0 Å². The van der Waals surface area contributed by atoms with Gasteiger partial charge in [0.1, 0.15) is 6.54 Å². The zero-order valence-corrected chi connectivity index (χ0v) is 8.92. The van der Waals surface area contributed by atoms with E-state index in [2.05, 4.69) is 15.1 Å². The third-order valence-corrected chi connectivity index (χ3v) is 2.28. The van der Waals surface area contributed by atoms with Crippen molar-refractivity contribution in [1.29, 1.82) is 0 Å². The second kappa shape index (κ2) is 4.61. The average Bonchev–Trinajstić information content (AvgIpc) is 2.32. The minimum Gasteiger partial charge on any atom is -0.255 e. The monoisotopic (exact) mass is 213 g/mol. The molecule has 0 radical (unpaired) electrons. The molecular weight excluding hydrogens is 202 g/mol. The van der Waals surface area contributed by atoms with Crippen LogP contribution in [0.2, 0.25) is 0 Å². The molecule has 0 atom stereocenters. The Labute approximate surface area is 93.4 Å². The molecule has 0 bridgehead atoms. The zero-order chi connectivity index (χ0) is 11.4. The van der Waals surface area contributed by atoms with Gasteiger partial charge in [0.15, 0.2) is 0 Å². The van der Waals surface area contributed by atoms with Crippen LogP contribution in [0.15, 0.2) is 41.8 Å². The maximum Gasteiger partial charge on any atom is 0.125 e. The van der Waals surface area contributed by atoms with E-state index in [1.54, 1.807) is 12.4 Å². The predicted molar refractivity (Wildman–Crippen MR) is 61.7 cm³/mol. The van der Waals surface area contributed by atoms with E-state index in [0.29, 0.717) is 5.69 Å². The van der Waals surface area contributed by atoms with Crippen LogP contribution in [0, 0.1) is 11.8 Å². The molecule has 0 unspecified atom stereocenters. The highest BCUT2D eigenvalue weighted by molar-refractivity contribution is 5.58. The van der Waals surface area contributed by atoms with Crippen LogP contribution in [0.1, 0.15) is 11.3 Å². The van der Waals surface area contributed by atoms with Crippen LogP contribution in [-0.2, 0) is 6.54 Å². The van der Waals surface area contributed by atoms with Gasteiger partial charge >= 0.3 is 0 Å². The van der Waals surface area contributed by atoms with Crippen molar-refractivity contribution < 1.29 is 0 Å². The summed E-state index contributed by atoms with van der Waals surface area (Å²) < 4.78 is 0. The second-order valence-electron chi connectivity index (χ2n) is 3.55. The minimum atomic E-state index is 0.0706. The second-order valence-corrected chi connectivity index (χ2v) is 3.55. The Bertz CT molecular complexity index is 477. The molecule has 4 heteroatoms. The van der Waals surface area contributed by atoms with Crippen LogP contribution in [0.3, 0.4) is 0 Å². The fourth-order valence-corrected chi connectivity index (χ4v) is 1.38. The first-order chi connectivity index (χ1) is 7.79. The number of nitroso groups, excluding NO2 is 1. The van der Waals surface area contributed by atoms with Crippen molar-refractivity contribution >= 4 is 0 Å². The highest BCUT2D eigenvalue weighted by atomic mass is 16.3.